The lowest BCUT2D eigenvalue weighted by Gasteiger charge is -2.14. The van der Waals surface area contributed by atoms with Crippen molar-refractivity contribution < 1.29 is 43.3 Å². The first-order valence-electron chi connectivity index (χ1n) is 10.7. The molecule has 0 atom stereocenters. The van der Waals surface area contributed by atoms with Crippen LogP contribution in [0.25, 0.3) is 6.08 Å². The van der Waals surface area contributed by atoms with Crippen molar-refractivity contribution in [3.8, 4) is 11.5 Å². The zero-order valence-electron chi connectivity index (χ0n) is 19.6. The number of amides is 3. The molecule has 1 aliphatic rings. The van der Waals surface area contributed by atoms with Crippen LogP contribution in [0, 0.1) is 0 Å². The maximum absolute atomic E-state index is 12.9. The number of hydrogen-bond donors (Lipinski definition) is 2. The highest BCUT2D eigenvalue weighted by atomic mass is 35.5. The number of thioether (sulfide) groups is 1. The van der Waals surface area contributed by atoms with Crippen molar-refractivity contribution in [2.75, 3.05) is 32.2 Å². The van der Waals surface area contributed by atoms with Crippen LogP contribution in [-0.4, -0.2) is 65.9 Å². The molecule has 3 amide bonds. The van der Waals surface area contributed by atoms with Crippen LogP contribution in [0.2, 0.25) is 5.02 Å². The van der Waals surface area contributed by atoms with Crippen molar-refractivity contribution in [2.45, 2.75) is 6.92 Å². The number of benzene rings is 2. The van der Waals surface area contributed by atoms with Crippen LogP contribution in [0.4, 0.5) is 10.5 Å². The molecule has 3 rings (SSSR count). The summed E-state index contributed by atoms with van der Waals surface area (Å²) in [6, 6.07) is 8.92. The third kappa shape index (κ3) is 6.80. The molecule has 1 aliphatic heterocycles. The highest BCUT2D eigenvalue weighted by Crippen LogP contribution is 2.37. The highest BCUT2D eigenvalue weighted by Gasteiger charge is 2.36. The molecule has 0 aromatic heterocycles. The second-order valence-corrected chi connectivity index (χ2v) is 8.69. The van der Waals surface area contributed by atoms with Gasteiger partial charge in [0.2, 0.25) is 5.91 Å². The van der Waals surface area contributed by atoms with Crippen molar-refractivity contribution in [1.29, 1.82) is 0 Å². The summed E-state index contributed by atoms with van der Waals surface area (Å²) < 4.78 is 15.5. The van der Waals surface area contributed by atoms with Gasteiger partial charge < -0.3 is 24.6 Å². The normalized spacial score (nSPS) is 14.0. The summed E-state index contributed by atoms with van der Waals surface area (Å²) >= 11 is 6.59. The number of anilines is 1. The van der Waals surface area contributed by atoms with Crippen LogP contribution in [0.3, 0.4) is 0 Å². The number of aliphatic carboxylic acids is 1. The van der Waals surface area contributed by atoms with Crippen LogP contribution in [0.15, 0.2) is 41.3 Å². The van der Waals surface area contributed by atoms with Crippen LogP contribution >= 0.6 is 23.4 Å². The summed E-state index contributed by atoms with van der Waals surface area (Å²) in [5, 5.41) is 10.9. The lowest BCUT2D eigenvalue weighted by Crippen LogP contribution is -2.36. The van der Waals surface area contributed by atoms with Crippen molar-refractivity contribution in [3.63, 3.8) is 0 Å². The number of carboxylic acids is 1. The molecule has 1 saturated heterocycles. The number of imide groups is 1. The SMILES string of the molecule is CCOc1cccc(/C=C2\SC(=O)N(CC(=O)Nc3ccc(Cl)c(C(=O)OC)c3)C2=O)c1OCC(=O)O. The molecule has 2 aromatic carbocycles. The van der Waals surface area contributed by atoms with E-state index in [-0.39, 0.29) is 39.3 Å². The van der Waals surface area contributed by atoms with E-state index >= 15 is 0 Å². The van der Waals surface area contributed by atoms with E-state index in [0.29, 0.717) is 17.3 Å². The van der Waals surface area contributed by atoms with Crippen LogP contribution < -0.4 is 14.8 Å². The smallest absolute Gasteiger partial charge is 0.341 e. The number of hydrogen-bond acceptors (Lipinski definition) is 9. The number of nitrogens with zero attached hydrogens (tertiary/aromatic N) is 1. The molecule has 13 heteroatoms. The Morgan fingerprint density at radius 3 is 2.59 bits per heavy atom. The molecule has 2 N–H and O–H groups in total. The van der Waals surface area contributed by atoms with Crippen LogP contribution in [0.1, 0.15) is 22.8 Å². The Balaban J connectivity index is 1.78. The van der Waals surface area contributed by atoms with Crippen LogP contribution in [0.5, 0.6) is 11.5 Å². The predicted octanol–water partition coefficient (Wildman–Crippen LogP) is 3.66. The molecule has 0 unspecified atom stereocenters. The summed E-state index contributed by atoms with van der Waals surface area (Å²) in [7, 11) is 1.19. The fourth-order valence-corrected chi connectivity index (χ4v) is 4.22. The Morgan fingerprint density at radius 1 is 1.16 bits per heavy atom. The van der Waals surface area contributed by atoms with Gasteiger partial charge in [-0.1, -0.05) is 23.7 Å². The third-order valence-corrected chi connectivity index (χ3v) is 6.00. The number of para-hydroxylation sites is 1. The third-order valence-electron chi connectivity index (χ3n) is 4.77. The number of nitrogens with one attached hydrogen (secondary N) is 1. The minimum Gasteiger partial charge on any atom is -0.490 e. The zero-order chi connectivity index (χ0) is 27.1. The summed E-state index contributed by atoms with van der Waals surface area (Å²) in [6.45, 7) is 0.798. The zero-order valence-corrected chi connectivity index (χ0v) is 21.2. The number of carboxylic acid groups (broad SMARTS) is 1. The van der Waals surface area contributed by atoms with E-state index in [9.17, 15) is 24.0 Å². The minimum atomic E-state index is -1.21. The molecule has 1 fully saturated rings. The monoisotopic (exact) mass is 548 g/mol. The molecule has 0 radical (unpaired) electrons. The number of halogens is 1. The highest BCUT2D eigenvalue weighted by molar-refractivity contribution is 8.18. The van der Waals surface area contributed by atoms with Gasteiger partial charge in [0, 0.05) is 11.3 Å². The van der Waals surface area contributed by atoms with Crippen molar-refractivity contribution >= 4 is 64.1 Å². The summed E-state index contributed by atoms with van der Waals surface area (Å²) in [5.41, 5.74) is 0.565. The molecule has 37 heavy (non-hydrogen) atoms. The number of ether oxygens (including phenoxy) is 3. The van der Waals surface area contributed by atoms with Gasteiger partial charge in [-0.15, -0.1) is 0 Å². The number of carbonyl (C=O) groups is 5. The molecular formula is C24H21ClN2O9S. The molecule has 0 saturated carbocycles. The first-order chi connectivity index (χ1) is 17.6. The molecule has 194 valence electrons. The molecule has 0 bridgehead atoms. The quantitative estimate of drug-likeness (QED) is 0.332. The van der Waals surface area contributed by atoms with Gasteiger partial charge in [0.25, 0.3) is 11.1 Å². The Hall–Kier alpha value is -4.03. The molecule has 0 spiro atoms. The number of carbonyl (C=O) groups excluding carboxylic acids is 4. The average molecular weight is 549 g/mol. The van der Waals surface area contributed by atoms with E-state index < -0.39 is 42.1 Å². The van der Waals surface area contributed by atoms with Crippen LogP contribution in [-0.2, 0) is 19.1 Å². The van der Waals surface area contributed by atoms with Crippen molar-refractivity contribution in [1.82, 2.24) is 4.90 Å². The van der Waals surface area contributed by atoms with Gasteiger partial charge in [-0.25, -0.2) is 9.59 Å². The first kappa shape index (κ1) is 27.6. The first-order valence-corrected chi connectivity index (χ1v) is 11.9. The Morgan fingerprint density at radius 2 is 1.92 bits per heavy atom. The van der Waals surface area contributed by atoms with Gasteiger partial charge in [-0.2, -0.15) is 0 Å². The summed E-state index contributed by atoms with van der Waals surface area (Å²) in [5.74, 6) is -2.95. The molecule has 2 aromatic rings. The Kier molecular flexibility index (Phi) is 9.15. The second kappa shape index (κ2) is 12.3. The predicted molar refractivity (Wildman–Crippen MR) is 135 cm³/mol. The molecule has 1 heterocycles. The number of rotatable bonds is 10. The number of esters is 1. The fourth-order valence-electron chi connectivity index (χ4n) is 3.20. The van der Waals surface area contributed by atoms with E-state index in [2.05, 4.69) is 10.1 Å². The van der Waals surface area contributed by atoms with Crippen molar-refractivity contribution in [3.05, 3.63) is 57.5 Å². The lowest BCUT2D eigenvalue weighted by atomic mass is 10.1. The van der Waals surface area contributed by atoms with E-state index in [4.69, 9.17) is 26.2 Å². The van der Waals surface area contributed by atoms with Crippen molar-refractivity contribution in [2.24, 2.45) is 0 Å². The summed E-state index contributed by atoms with van der Waals surface area (Å²) in [4.78, 5) is 61.5. The Bertz CT molecular complexity index is 1290. The van der Waals surface area contributed by atoms with Gasteiger partial charge in [0.05, 0.1) is 29.2 Å². The number of methoxy groups -OCH3 is 1. The summed E-state index contributed by atoms with van der Waals surface area (Å²) in [6.07, 6.45) is 1.37. The molecule has 0 aliphatic carbocycles. The standard InChI is InChI=1S/C24H21ClN2O9S/c1-3-35-17-6-4-5-13(21(17)36-12-20(29)30)9-18-22(31)27(24(33)37-18)11-19(28)26-14-7-8-16(25)15(10-14)23(32)34-2/h4-10H,3,11-12H2,1-2H3,(H,26,28)(H,29,30)/b18-9-. The molecule has 11 nitrogen and oxygen atoms in total. The van der Waals surface area contributed by atoms with Gasteiger partial charge in [-0.3, -0.25) is 19.3 Å². The fraction of sp³-hybridized carbons (Fsp3) is 0.208. The second-order valence-electron chi connectivity index (χ2n) is 7.29. The Labute approximate surface area is 220 Å². The molecular weight excluding hydrogens is 528 g/mol. The maximum atomic E-state index is 12.9. The van der Waals surface area contributed by atoms with Gasteiger partial charge in [-0.05, 0) is 49.0 Å². The average Bonchev–Trinajstić information content (AvgIpc) is 3.11. The van der Waals surface area contributed by atoms with Gasteiger partial charge >= 0.3 is 11.9 Å². The van der Waals surface area contributed by atoms with E-state index in [1.165, 1.54) is 31.4 Å². The minimum absolute atomic E-state index is 0.00564. The lowest BCUT2D eigenvalue weighted by molar-refractivity contribution is -0.139. The maximum Gasteiger partial charge on any atom is 0.341 e. The largest absolute Gasteiger partial charge is 0.490 e. The van der Waals surface area contributed by atoms with E-state index in [1.807, 2.05) is 0 Å². The van der Waals surface area contributed by atoms with Gasteiger partial charge in [0.15, 0.2) is 18.1 Å². The van der Waals surface area contributed by atoms with Gasteiger partial charge in [0.1, 0.15) is 6.54 Å². The van der Waals surface area contributed by atoms with E-state index in [1.54, 1.807) is 25.1 Å². The topological polar surface area (TPSA) is 149 Å². The van der Waals surface area contributed by atoms with E-state index in [0.717, 1.165) is 4.90 Å².